The maximum atomic E-state index is 14.7. The van der Waals surface area contributed by atoms with Crippen LogP contribution in [0.2, 0.25) is 0 Å². The number of imide groups is 2. The molecule has 308 valence electrons. The summed E-state index contributed by atoms with van der Waals surface area (Å²) in [6, 6.07) is 23.8. The van der Waals surface area contributed by atoms with Crippen molar-refractivity contribution < 1.29 is 33.8 Å². The number of hydrogen-bond acceptors (Lipinski definition) is 9. The molecule has 6 aliphatic rings. The van der Waals surface area contributed by atoms with Gasteiger partial charge in [0.15, 0.2) is 11.5 Å². The molecular weight excluding hydrogens is 745 g/mol. The topological polar surface area (TPSA) is 120 Å². The highest BCUT2D eigenvalue weighted by atomic mass is 16.5. The molecule has 9 rings (SSSR count). The Hall–Kier alpha value is -5.26. The Kier molecular flexibility index (Phi) is 10.9. The SMILES string of the molecule is COc1cc(C=C[C@H]2C3=CC[C@@H]4C(=O)N(C5CCN(Cc6ccccc6)CC5)C(=O)[C@@H]4[C@@H]3C[C@H]3C(=O)N(C4CCN(Cc5ccccc5)CC4)C(=O)[C@@H]23)cc(OC)c1O. The molecule has 59 heavy (non-hydrogen) atoms. The minimum atomic E-state index is -0.613. The number of rotatable bonds is 10. The molecule has 3 aromatic rings. The van der Waals surface area contributed by atoms with Crippen molar-refractivity contribution in [3.8, 4) is 17.2 Å². The van der Waals surface area contributed by atoms with E-state index in [0.717, 1.165) is 57.7 Å². The van der Waals surface area contributed by atoms with E-state index in [4.69, 9.17) is 9.47 Å². The summed E-state index contributed by atoms with van der Waals surface area (Å²) in [6.07, 6.45) is 9.67. The number of hydrogen-bond donors (Lipinski definition) is 1. The third kappa shape index (κ3) is 7.26. The highest BCUT2D eigenvalue weighted by Gasteiger charge is 2.62. The van der Waals surface area contributed by atoms with Gasteiger partial charge < -0.3 is 14.6 Å². The lowest BCUT2D eigenvalue weighted by molar-refractivity contribution is -0.146. The second-order valence-corrected chi connectivity index (χ2v) is 17.3. The summed E-state index contributed by atoms with van der Waals surface area (Å²) in [4.78, 5) is 66.3. The number of aromatic hydroxyl groups is 1. The van der Waals surface area contributed by atoms with Gasteiger partial charge in [0.05, 0.1) is 37.9 Å². The first-order chi connectivity index (χ1) is 28.7. The van der Waals surface area contributed by atoms with Gasteiger partial charge in [0.2, 0.25) is 29.4 Å². The summed E-state index contributed by atoms with van der Waals surface area (Å²) >= 11 is 0. The molecule has 1 N–H and O–H groups in total. The van der Waals surface area contributed by atoms with Crippen LogP contribution in [0.15, 0.2) is 90.5 Å². The van der Waals surface area contributed by atoms with E-state index in [2.05, 4.69) is 40.1 Å². The van der Waals surface area contributed by atoms with Crippen molar-refractivity contribution in [3.63, 3.8) is 0 Å². The lowest BCUT2D eigenvalue weighted by Crippen LogP contribution is -2.48. The molecule has 3 aromatic carbocycles. The fraction of sp³-hybridized carbons (Fsp3) is 0.458. The first-order valence-corrected chi connectivity index (χ1v) is 21.3. The van der Waals surface area contributed by atoms with E-state index in [9.17, 15) is 24.3 Å². The lowest BCUT2D eigenvalue weighted by atomic mass is 9.58. The molecule has 4 heterocycles. The van der Waals surface area contributed by atoms with Gasteiger partial charge in [-0.2, -0.15) is 0 Å². The number of carbonyl (C=O) groups excluding carboxylic acids is 4. The van der Waals surface area contributed by atoms with Crippen LogP contribution >= 0.6 is 0 Å². The number of likely N-dealkylation sites (tertiary alicyclic amines) is 4. The van der Waals surface area contributed by atoms with Crippen molar-refractivity contribution >= 4 is 29.7 Å². The molecule has 2 aliphatic carbocycles. The average molecular weight is 799 g/mol. The monoisotopic (exact) mass is 798 g/mol. The number of phenolic OH excluding ortho intramolecular Hbond substituents is 1. The predicted octanol–water partition coefficient (Wildman–Crippen LogP) is 5.92. The van der Waals surface area contributed by atoms with Crippen LogP contribution in [-0.4, -0.2) is 101 Å². The Bertz CT molecular complexity index is 2110. The van der Waals surface area contributed by atoms with Gasteiger partial charge in [0.1, 0.15) is 0 Å². The van der Waals surface area contributed by atoms with Crippen LogP contribution in [0.1, 0.15) is 55.2 Å². The highest BCUT2D eigenvalue weighted by molar-refractivity contribution is 6.08. The number of allylic oxidation sites excluding steroid dienone is 3. The van der Waals surface area contributed by atoms with Crippen LogP contribution in [0.25, 0.3) is 6.08 Å². The van der Waals surface area contributed by atoms with E-state index >= 15 is 0 Å². The maximum Gasteiger partial charge on any atom is 0.234 e. The summed E-state index contributed by atoms with van der Waals surface area (Å²) in [5.74, 6) is -3.13. The standard InChI is InChI=1S/C48H54N4O7/c1-58-40-25-32(26-41(59-2)44(40)53)13-14-36-35-15-16-37-43(48(57)51(45(37)54)33-17-21-49(22-18-33)28-30-9-5-3-6-10-30)38(35)27-39-42(36)47(56)52(46(39)55)34-19-23-50(24-20-34)29-31-11-7-4-8-12-31/h3-15,25-26,33-34,36-39,42-43,53H,16-24,27-29H2,1-2H3/t36-,37-,38+,39+,42-,43-/m0/s1. The molecule has 0 unspecified atom stereocenters. The van der Waals surface area contributed by atoms with Gasteiger partial charge >= 0.3 is 0 Å². The number of benzene rings is 3. The van der Waals surface area contributed by atoms with Gasteiger partial charge in [0, 0.05) is 57.3 Å². The molecule has 0 radical (unpaired) electrons. The van der Waals surface area contributed by atoms with Crippen LogP contribution < -0.4 is 9.47 Å². The quantitative estimate of drug-likeness (QED) is 0.197. The molecule has 5 fully saturated rings. The maximum absolute atomic E-state index is 14.7. The first kappa shape index (κ1) is 39.2. The third-order valence-corrected chi connectivity index (χ3v) is 14.1. The zero-order valence-corrected chi connectivity index (χ0v) is 33.9. The smallest absolute Gasteiger partial charge is 0.234 e. The summed E-state index contributed by atoms with van der Waals surface area (Å²) in [5.41, 5.74) is 4.16. The van der Waals surface area contributed by atoms with Gasteiger partial charge in [-0.3, -0.25) is 38.8 Å². The molecular formula is C48H54N4O7. The van der Waals surface area contributed by atoms with E-state index in [-0.39, 0.29) is 58.9 Å². The molecule has 11 heteroatoms. The highest BCUT2D eigenvalue weighted by Crippen LogP contribution is 2.56. The van der Waals surface area contributed by atoms with E-state index < -0.39 is 29.6 Å². The fourth-order valence-electron chi connectivity index (χ4n) is 11.2. The Morgan fingerprint density at radius 3 is 1.64 bits per heavy atom. The van der Waals surface area contributed by atoms with Crippen LogP contribution in [0.4, 0.5) is 0 Å². The number of ether oxygens (including phenoxy) is 2. The molecule has 0 spiro atoms. The minimum Gasteiger partial charge on any atom is -0.502 e. The fourth-order valence-corrected chi connectivity index (χ4v) is 11.2. The molecule has 11 nitrogen and oxygen atoms in total. The number of methoxy groups -OCH3 is 2. The Balaban J connectivity index is 0.979. The van der Waals surface area contributed by atoms with Gasteiger partial charge in [0.25, 0.3) is 0 Å². The molecule has 0 aromatic heterocycles. The molecule has 4 saturated heterocycles. The van der Waals surface area contributed by atoms with Crippen molar-refractivity contribution in [2.45, 2.75) is 63.7 Å². The number of carbonyl (C=O) groups is 4. The van der Waals surface area contributed by atoms with Gasteiger partial charge in [-0.1, -0.05) is 84.5 Å². The molecule has 0 bridgehead atoms. The average Bonchev–Trinajstić information content (AvgIpc) is 3.67. The van der Waals surface area contributed by atoms with Crippen molar-refractivity contribution in [1.29, 1.82) is 0 Å². The Morgan fingerprint density at radius 2 is 1.14 bits per heavy atom. The predicted molar refractivity (Wildman–Crippen MR) is 222 cm³/mol. The first-order valence-electron chi connectivity index (χ1n) is 21.3. The van der Waals surface area contributed by atoms with Crippen LogP contribution in [0.5, 0.6) is 17.2 Å². The second kappa shape index (κ2) is 16.4. The van der Waals surface area contributed by atoms with Crippen LogP contribution in [0.3, 0.4) is 0 Å². The van der Waals surface area contributed by atoms with Crippen LogP contribution in [-0.2, 0) is 32.3 Å². The van der Waals surface area contributed by atoms with Crippen molar-refractivity contribution in [1.82, 2.24) is 19.6 Å². The van der Waals surface area contributed by atoms with Gasteiger partial charge in [-0.25, -0.2) is 0 Å². The summed E-state index contributed by atoms with van der Waals surface area (Å²) in [7, 11) is 2.95. The third-order valence-electron chi connectivity index (χ3n) is 14.1. The van der Waals surface area contributed by atoms with E-state index in [1.54, 1.807) is 21.9 Å². The zero-order valence-electron chi connectivity index (χ0n) is 33.9. The lowest BCUT2D eigenvalue weighted by Gasteiger charge is -2.43. The van der Waals surface area contributed by atoms with Gasteiger partial charge in [-0.15, -0.1) is 0 Å². The largest absolute Gasteiger partial charge is 0.502 e. The van der Waals surface area contributed by atoms with Crippen molar-refractivity contribution in [3.05, 3.63) is 107 Å². The summed E-state index contributed by atoms with van der Waals surface area (Å²) in [6.45, 7) is 4.85. The second-order valence-electron chi connectivity index (χ2n) is 17.3. The van der Waals surface area contributed by atoms with Crippen LogP contribution in [0, 0.1) is 35.5 Å². The molecule has 6 atom stereocenters. The van der Waals surface area contributed by atoms with E-state index in [1.807, 2.05) is 48.6 Å². The number of amides is 4. The number of fused-ring (bicyclic) bond motifs is 4. The number of phenols is 1. The number of nitrogens with zero attached hydrogens (tertiary/aromatic N) is 4. The van der Waals surface area contributed by atoms with E-state index in [1.165, 1.54) is 25.3 Å². The van der Waals surface area contributed by atoms with E-state index in [0.29, 0.717) is 31.2 Å². The summed E-state index contributed by atoms with van der Waals surface area (Å²) in [5, 5.41) is 10.6. The molecule has 4 aliphatic heterocycles. The zero-order chi connectivity index (χ0) is 40.8. The Labute approximate surface area is 346 Å². The normalized spacial score (nSPS) is 28.2. The van der Waals surface area contributed by atoms with Crippen molar-refractivity contribution in [2.75, 3.05) is 40.4 Å². The molecule has 1 saturated carbocycles. The Morgan fingerprint density at radius 1 is 0.644 bits per heavy atom. The summed E-state index contributed by atoms with van der Waals surface area (Å²) < 4.78 is 10.9. The van der Waals surface area contributed by atoms with Gasteiger partial charge in [-0.05, 0) is 73.3 Å². The van der Waals surface area contributed by atoms with Crippen molar-refractivity contribution in [2.24, 2.45) is 35.5 Å². The minimum absolute atomic E-state index is 0.0907. The molecule has 4 amide bonds. The number of piperidine rings is 2.